The lowest BCUT2D eigenvalue weighted by molar-refractivity contribution is 0.0460. The van der Waals surface area contributed by atoms with E-state index >= 15 is 0 Å². The largest absolute Gasteiger partial charge is 0.454 e. The maximum Gasteiger partial charge on any atom is 0.356 e. The molecule has 0 aliphatic rings. The topological polar surface area (TPSA) is 81.0 Å². The first-order chi connectivity index (χ1) is 13.2. The lowest BCUT2D eigenvalue weighted by Gasteiger charge is -2.00. The van der Waals surface area contributed by atoms with Crippen LogP contribution < -0.4 is 0 Å². The average Bonchev–Trinajstić information content (AvgIpc) is 3.35. The predicted molar refractivity (Wildman–Crippen MR) is 99.8 cm³/mol. The fourth-order valence-electron chi connectivity index (χ4n) is 2.66. The van der Waals surface area contributed by atoms with Crippen molar-refractivity contribution in [3.63, 3.8) is 0 Å². The summed E-state index contributed by atoms with van der Waals surface area (Å²) in [6.45, 7) is 1.83. The molecule has 0 unspecified atom stereocenters. The molecule has 0 amide bonds. The van der Waals surface area contributed by atoms with Gasteiger partial charge in [0.1, 0.15) is 23.8 Å². The summed E-state index contributed by atoms with van der Waals surface area (Å²) < 4.78 is 11.0. The molecule has 0 radical (unpaired) electrons. The Morgan fingerprint density at radius 2 is 1.70 bits per heavy atom. The number of carbonyl (C=O) groups is 1. The highest BCUT2D eigenvalue weighted by molar-refractivity contribution is 5.88. The second-order valence-electron chi connectivity index (χ2n) is 6.00. The summed E-state index contributed by atoms with van der Waals surface area (Å²) in [7, 11) is 0. The van der Waals surface area contributed by atoms with Gasteiger partial charge in [-0.05, 0) is 25.1 Å². The van der Waals surface area contributed by atoms with Crippen molar-refractivity contribution in [1.29, 1.82) is 0 Å². The van der Waals surface area contributed by atoms with Gasteiger partial charge >= 0.3 is 5.97 Å². The number of aromatic nitrogens is 3. The van der Waals surface area contributed by atoms with Gasteiger partial charge in [-0.3, -0.25) is 5.10 Å². The van der Waals surface area contributed by atoms with Crippen molar-refractivity contribution >= 4 is 5.97 Å². The Balaban J connectivity index is 1.44. The molecule has 0 saturated carbocycles. The number of hydrogen-bond acceptors (Lipinski definition) is 5. The highest BCUT2D eigenvalue weighted by atomic mass is 16.5. The van der Waals surface area contributed by atoms with E-state index in [-0.39, 0.29) is 6.61 Å². The van der Waals surface area contributed by atoms with Crippen LogP contribution in [-0.4, -0.2) is 21.2 Å². The third kappa shape index (κ3) is 3.64. The van der Waals surface area contributed by atoms with Gasteiger partial charge in [0.05, 0.1) is 5.69 Å². The van der Waals surface area contributed by atoms with Crippen LogP contribution in [0.4, 0.5) is 0 Å². The fourth-order valence-corrected chi connectivity index (χ4v) is 2.66. The van der Waals surface area contributed by atoms with Crippen LogP contribution in [0.15, 0.2) is 71.1 Å². The molecule has 4 aromatic rings. The highest BCUT2D eigenvalue weighted by Gasteiger charge is 2.16. The van der Waals surface area contributed by atoms with Gasteiger partial charge in [0.15, 0.2) is 0 Å². The van der Waals surface area contributed by atoms with Gasteiger partial charge in [0.25, 0.3) is 0 Å². The molecule has 6 heteroatoms. The van der Waals surface area contributed by atoms with Crippen LogP contribution in [0.3, 0.4) is 0 Å². The van der Waals surface area contributed by atoms with E-state index in [1.807, 2.05) is 60.7 Å². The lowest BCUT2D eigenvalue weighted by Crippen LogP contribution is -2.06. The SMILES string of the molecule is Cc1oc(-c2ccccc2)nc1COC(=O)c1cc(-c2ccccc2)n[nH]1. The number of oxazole rings is 1. The number of carbonyl (C=O) groups excluding carboxylic acids is 1. The maximum atomic E-state index is 12.3. The van der Waals surface area contributed by atoms with Crippen molar-refractivity contribution in [2.24, 2.45) is 0 Å². The first-order valence-electron chi connectivity index (χ1n) is 8.50. The second kappa shape index (κ2) is 7.29. The lowest BCUT2D eigenvalue weighted by atomic mass is 10.1. The smallest absolute Gasteiger partial charge is 0.356 e. The molecule has 0 saturated heterocycles. The summed E-state index contributed by atoms with van der Waals surface area (Å²) in [6, 6.07) is 20.9. The van der Waals surface area contributed by atoms with Gasteiger partial charge in [-0.25, -0.2) is 9.78 Å². The Bertz CT molecular complexity index is 1050. The molecule has 6 nitrogen and oxygen atoms in total. The number of ether oxygens (including phenoxy) is 1. The molecule has 0 atom stereocenters. The number of hydrogen-bond donors (Lipinski definition) is 1. The van der Waals surface area contributed by atoms with Gasteiger partial charge in [0, 0.05) is 11.1 Å². The molecule has 0 fully saturated rings. The van der Waals surface area contributed by atoms with Crippen molar-refractivity contribution in [1.82, 2.24) is 15.2 Å². The molecule has 0 aliphatic carbocycles. The first kappa shape index (κ1) is 16.8. The molecule has 1 N–H and O–H groups in total. The number of rotatable bonds is 5. The molecular formula is C21H17N3O3. The summed E-state index contributed by atoms with van der Waals surface area (Å²) in [5.74, 6) is 0.636. The monoisotopic (exact) mass is 359 g/mol. The zero-order valence-electron chi connectivity index (χ0n) is 14.7. The van der Waals surface area contributed by atoms with Crippen LogP contribution in [0, 0.1) is 6.92 Å². The third-order valence-corrected chi connectivity index (χ3v) is 4.12. The van der Waals surface area contributed by atoms with Crippen molar-refractivity contribution < 1.29 is 13.9 Å². The molecule has 134 valence electrons. The predicted octanol–water partition coefficient (Wildman–Crippen LogP) is 4.40. The Morgan fingerprint density at radius 1 is 1.04 bits per heavy atom. The van der Waals surface area contributed by atoms with E-state index in [1.165, 1.54) is 0 Å². The number of nitrogens with one attached hydrogen (secondary N) is 1. The van der Waals surface area contributed by atoms with Crippen molar-refractivity contribution in [2.45, 2.75) is 13.5 Å². The minimum Gasteiger partial charge on any atom is -0.454 e. The van der Waals surface area contributed by atoms with Crippen LogP contribution >= 0.6 is 0 Å². The van der Waals surface area contributed by atoms with Crippen molar-refractivity contribution in [3.05, 3.63) is 83.9 Å². The summed E-state index contributed by atoms with van der Waals surface area (Å²) in [4.78, 5) is 16.7. The minimum atomic E-state index is -0.492. The van der Waals surface area contributed by atoms with E-state index < -0.39 is 5.97 Å². The van der Waals surface area contributed by atoms with Crippen LogP contribution in [0.25, 0.3) is 22.7 Å². The van der Waals surface area contributed by atoms with E-state index in [1.54, 1.807) is 13.0 Å². The summed E-state index contributed by atoms with van der Waals surface area (Å²) in [5.41, 5.74) is 3.36. The molecule has 2 aromatic heterocycles. The third-order valence-electron chi connectivity index (χ3n) is 4.12. The van der Waals surface area contributed by atoms with Crippen molar-refractivity contribution in [3.8, 4) is 22.7 Å². The quantitative estimate of drug-likeness (QED) is 0.534. The summed E-state index contributed by atoms with van der Waals surface area (Å²) in [6.07, 6.45) is 0. The Morgan fingerprint density at radius 3 is 2.41 bits per heavy atom. The average molecular weight is 359 g/mol. The van der Waals surface area contributed by atoms with E-state index in [0.29, 0.717) is 28.7 Å². The molecule has 4 rings (SSSR count). The molecule has 0 spiro atoms. The number of esters is 1. The number of H-pyrrole nitrogens is 1. The zero-order valence-corrected chi connectivity index (χ0v) is 14.7. The fraction of sp³-hybridized carbons (Fsp3) is 0.0952. The van der Waals surface area contributed by atoms with Gasteiger partial charge < -0.3 is 9.15 Å². The van der Waals surface area contributed by atoms with Crippen LogP contribution in [0.1, 0.15) is 21.9 Å². The highest BCUT2D eigenvalue weighted by Crippen LogP contribution is 2.22. The van der Waals surface area contributed by atoms with Gasteiger partial charge in [-0.15, -0.1) is 0 Å². The number of benzene rings is 2. The van der Waals surface area contributed by atoms with Crippen LogP contribution in [-0.2, 0) is 11.3 Å². The second-order valence-corrected chi connectivity index (χ2v) is 6.00. The minimum absolute atomic E-state index is 0.0285. The zero-order chi connectivity index (χ0) is 18.6. The molecule has 0 aliphatic heterocycles. The Hall–Kier alpha value is -3.67. The molecule has 0 bridgehead atoms. The van der Waals surface area contributed by atoms with Crippen LogP contribution in [0.2, 0.25) is 0 Å². The van der Waals surface area contributed by atoms with Gasteiger partial charge in [0.2, 0.25) is 5.89 Å². The van der Waals surface area contributed by atoms with Gasteiger partial charge in [-0.2, -0.15) is 5.10 Å². The summed E-state index contributed by atoms with van der Waals surface area (Å²) in [5, 5.41) is 6.88. The van der Waals surface area contributed by atoms with E-state index in [9.17, 15) is 4.79 Å². The van der Waals surface area contributed by atoms with Crippen LogP contribution in [0.5, 0.6) is 0 Å². The van der Waals surface area contributed by atoms with Gasteiger partial charge in [-0.1, -0.05) is 48.5 Å². The Labute approximate surface area is 155 Å². The number of nitrogens with zero attached hydrogens (tertiary/aromatic N) is 2. The Kier molecular flexibility index (Phi) is 4.53. The normalized spacial score (nSPS) is 10.7. The molecular weight excluding hydrogens is 342 g/mol. The van der Waals surface area contributed by atoms with E-state index in [4.69, 9.17) is 9.15 Å². The number of aromatic amines is 1. The maximum absolute atomic E-state index is 12.3. The number of aryl methyl sites for hydroxylation is 1. The summed E-state index contributed by atoms with van der Waals surface area (Å²) >= 11 is 0. The molecule has 2 heterocycles. The standard InChI is InChI=1S/C21H17N3O3/c1-14-19(22-20(27-14)16-10-6-3-7-11-16)13-26-21(25)18-12-17(23-24-18)15-8-4-2-5-9-15/h2-12H,13H2,1H3,(H,23,24). The van der Waals surface area contributed by atoms with E-state index in [2.05, 4.69) is 15.2 Å². The van der Waals surface area contributed by atoms with E-state index in [0.717, 1.165) is 11.1 Å². The molecule has 2 aromatic carbocycles. The first-order valence-corrected chi connectivity index (χ1v) is 8.50. The van der Waals surface area contributed by atoms with Crippen molar-refractivity contribution in [2.75, 3.05) is 0 Å². The molecule has 27 heavy (non-hydrogen) atoms.